The lowest BCUT2D eigenvalue weighted by atomic mass is 9.99. The molecule has 25 heavy (non-hydrogen) atoms. The van der Waals surface area contributed by atoms with Gasteiger partial charge in [-0.1, -0.05) is 6.92 Å². The van der Waals surface area contributed by atoms with E-state index in [1.165, 1.54) is 6.33 Å². The smallest absolute Gasteiger partial charge is 0.272 e. The van der Waals surface area contributed by atoms with Crippen molar-refractivity contribution in [3.05, 3.63) is 36.3 Å². The number of hydrogen-bond acceptors (Lipinski definition) is 6. The molecule has 0 atom stereocenters. The molecule has 2 aliphatic heterocycles. The van der Waals surface area contributed by atoms with Crippen LogP contribution in [-0.2, 0) is 0 Å². The van der Waals surface area contributed by atoms with Crippen LogP contribution in [0, 0.1) is 5.92 Å². The minimum atomic E-state index is -0.0389. The topological polar surface area (TPSA) is 76.6 Å². The molecule has 1 N–H and O–H groups in total. The van der Waals surface area contributed by atoms with Gasteiger partial charge in [-0.3, -0.25) is 4.79 Å². The number of anilines is 2. The Morgan fingerprint density at radius 1 is 1.16 bits per heavy atom. The lowest BCUT2D eigenvalue weighted by Crippen LogP contribution is -2.38. The molecule has 1 amide bonds. The summed E-state index contributed by atoms with van der Waals surface area (Å²) in [5.74, 6) is 2.63. The summed E-state index contributed by atoms with van der Waals surface area (Å²) in [4.78, 5) is 22.9. The number of aromatic nitrogens is 2. The third-order valence-electron chi connectivity index (χ3n) is 4.60. The number of fused-ring (bicyclic) bond motifs is 1. The van der Waals surface area contributed by atoms with Crippen molar-refractivity contribution in [2.45, 2.75) is 19.8 Å². The lowest BCUT2D eigenvalue weighted by molar-refractivity contribution is 0.0691. The van der Waals surface area contributed by atoms with Crippen LogP contribution in [0.2, 0.25) is 0 Å². The van der Waals surface area contributed by atoms with E-state index in [-0.39, 0.29) is 12.7 Å². The van der Waals surface area contributed by atoms with E-state index in [9.17, 15) is 4.79 Å². The first-order chi connectivity index (χ1) is 12.2. The number of carbonyl (C=O) groups is 1. The van der Waals surface area contributed by atoms with Gasteiger partial charge in [0.15, 0.2) is 11.5 Å². The first-order valence-corrected chi connectivity index (χ1v) is 8.47. The molecule has 1 aromatic heterocycles. The number of amides is 1. The van der Waals surface area contributed by atoms with E-state index >= 15 is 0 Å². The molecule has 1 aromatic carbocycles. The molecule has 0 spiro atoms. The van der Waals surface area contributed by atoms with E-state index < -0.39 is 0 Å². The Morgan fingerprint density at radius 3 is 2.80 bits per heavy atom. The van der Waals surface area contributed by atoms with Crippen LogP contribution in [0.25, 0.3) is 0 Å². The fraction of sp³-hybridized carbons (Fsp3) is 0.389. The Bertz CT molecular complexity index is 788. The molecule has 0 saturated carbocycles. The highest BCUT2D eigenvalue weighted by atomic mass is 16.7. The van der Waals surface area contributed by atoms with Crippen LogP contribution in [0.5, 0.6) is 11.5 Å². The van der Waals surface area contributed by atoms with Gasteiger partial charge in [0.05, 0.1) is 0 Å². The number of ether oxygens (including phenoxy) is 2. The van der Waals surface area contributed by atoms with Gasteiger partial charge in [-0.15, -0.1) is 0 Å². The number of nitrogens with one attached hydrogen (secondary N) is 1. The second-order valence-corrected chi connectivity index (χ2v) is 6.46. The Kier molecular flexibility index (Phi) is 4.13. The standard InChI is InChI=1S/C18H20N4O3/c1-12-4-6-22(7-5-12)18(23)14-9-17(20-10-19-14)21-13-2-3-15-16(8-13)25-11-24-15/h2-3,8-10,12H,4-7,11H2,1H3,(H,19,20,21). The van der Waals surface area contributed by atoms with Gasteiger partial charge in [0, 0.05) is 30.9 Å². The monoisotopic (exact) mass is 340 g/mol. The molecule has 1 fully saturated rings. The fourth-order valence-corrected chi connectivity index (χ4v) is 3.04. The molecule has 0 radical (unpaired) electrons. The zero-order valence-corrected chi connectivity index (χ0v) is 14.1. The van der Waals surface area contributed by atoms with Crippen LogP contribution < -0.4 is 14.8 Å². The molecule has 130 valence electrons. The first-order valence-electron chi connectivity index (χ1n) is 8.47. The number of hydrogen-bond donors (Lipinski definition) is 1. The van der Waals surface area contributed by atoms with Gasteiger partial charge in [-0.25, -0.2) is 9.97 Å². The number of piperidine rings is 1. The largest absolute Gasteiger partial charge is 0.454 e. The summed E-state index contributed by atoms with van der Waals surface area (Å²) >= 11 is 0. The third kappa shape index (κ3) is 3.35. The van der Waals surface area contributed by atoms with Crippen LogP contribution in [-0.4, -0.2) is 40.7 Å². The normalized spacial score (nSPS) is 16.8. The van der Waals surface area contributed by atoms with Crippen molar-refractivity contribution >= 4 is 17.4 Å². The zero-order chi connectivity index (χ0) is 17.2. The van der Waals surface area contributed by atoms with Crippen molar-refractivity contribution < 1.29 is 14.3 Å². The second-order valence-electron chi connectivity index (χ2n) is 6.46. The molecule has 4 rings (SSSR count). The van der Waals surface area contributed by atoms with Crippen molar-refractivity contribution in [3.8, 4) is 11.5 Å². The van der Waals surface area contributed by atoms with Gasteiger partial charge in [0.1, 0.15) is 17.8 Å². The summed E-state index contributed by atoms with van der Waals surface area (Å²) in [5, 5.41) is 3.18. The maximum absolute atomic E-state index is 12.6. The fourth-order valence-electron chi connectivity index (χ4n) is 3.04. The van der Waals surface area contributed by atoms with Gasteiger partial charge >= 0.3 is 0 Å². The Labute approximate surface area is 146 Å². The highest BCUT2D eigenvalue weighted by Gasteiger charge is 2.22. The summed E-state index contributed by atoms with van der Waals surface area (Å²) in [6, 6.07) is 7.25. The summed E-state index contributed by atoms with van der Waals surface area (Å²) in [5.41, 5.74) is 1.22. The molecule has 2 aromatic rings. The lowest BCUT2D eigenvalue weighted by Gasteiger charge is -2.30. The molecular formula is C18H20N4O3. The predicted molar refractivity (Wildman–Crippen MR) is 92.2 cm³/mol. The van der Waals surface area contributed by atoms with Crippen LogP contribution in [0.4, 0.5) is 11.5 Å². The van der Waals surface area contributed by atoms with Crippen molar-refractivity contribution in [3.63, 3.8) is 0 Å². The summed E-state index contributed by atoms with van der Waals surface area (Å²) in [6.45, 7) is 4.03. The van der Waals surface area contributed by atoms with E-state index in [1.807, 2.05) is 23.1 Å². The Morgan fingerprint density at radius 2 is 1.96 bits per heavy atom. The number of benzene rings is 1. The molecule has 0 aliphatic carbocycles. The third-order valence-corrected chi connectivity index (χ3v) is 4.60. The number of rotatable bonds is 3. The van der Waals surface area contributed by atoms with Crippen molar-refractivity contribution in [1.82, 2.24) is 14.9 Å². The predicted octanol–water partition coefficient (Wildman–Crippen LogP) is 2.82. The van der Waals surface area contributed by atoms with Gasteiger partial charge in [-0.2, -0.15) is 0 Å². The van der Waals surface area contributed by atoms with Gasteiger partial charge < -0.3 is 19.7 Å². The molecule has 7 heteroatoms. The summed E-state index contributed by atoms with van der Waals surface area (Å²) < 4.78 is 10.7. The van der Waals surface area contributed by atoms with Crippen molar-refractivity contribution in [2.75, 3.05) is 25.2 Å². The van der Waals surface area contributed by atoms with Crippen molar-refractivity contribution in [2.24, 2.45) is 5.92 Å². The van der Waals surface area contributed by atoms with E-state index in [0.717, 1.165) is 37.4 Å². The van der Waals surface area contributed by atoms with Crippen molar-refractivity contribution in [1.29, 1.82) is 0 Å². The van der Waals surface area contributed by atoms with Crippen LogP contribution in [0.1, 0.15) is 30.3 Å². The quantitative estimate of drug-likeness (QED) is 0.926. The molecular weight excluding hydrogens is 320 g/mol. The van der Waals surface area contributed by atoms with E-state index in [0.29, 0.717) is 23.2 Å². The van der Waals surface area contributed by atoms with Gasteiger partial charge in [0.25, 0.3) is 5.91 Å². The van der Waals surface area contributed by atoms with Gasteiger partial charge in [-0.05, 0) is 30.9 Å². The van der Waals surface area contributed by atoms with Gasteiger partial charge in [0.2, 0.25) is 6.79 Å². The minimum absolute atomic E-state index is 0.0389. The second kappa shape index (κ2) is 6.58. The SMILES string of the molecule is CC1CCN(C(=O)c2cc(Nc3ccc4c(c3)OCO4)ncn2)CC1. The van der Waals surface area contributed by atoms with E-state index in [2.05, 4.69) is 22.2 Å². The number of carbonyl (C=O) groups excluding carboxylic acids is 1. The molecule has 3 heterocycles. The molecule has 0 unspecified atom stereocenters. The average Bonchev–Trinajstić information content (AvgIpc) is 3.10. The van der Waals surface area contributed by atoms with Crippen LogP contribution in [0.3, 0.4) is 0 Å². The zero-order valence-electron chi connectivity index (χ0n) is 14.1. The molecule has 1 saturated heterocycles. The van der Waals surface area contributed by atoms with Crippen LogP contribution in [0.15, 0.2) is 30.6 Å². The average molecular weight is 340 g/mol. The molecule has 2 aliphatic rings. The van der Waals surface area contributed by atoms with Crippen LogP contribution >= 0.6 is 0 Å². The highest BCUT2D eigenvalue weighted by molar-refractivity contribution is 5.93. The summed E-state index contributed by atoms with van der Waals surface area (Å²) in [6.07, 6.45) is 3.49. The maximum Gasteiger partial charge on any atom is 0.272 e. The Balaban J connectivity index is 1.48. The first kappa shape index (κ1) is 15.7. The highest BCUT2D eigenvalue weighted by Crippen LogP contribution is 2.34. The molecule has 0 bridgehead atoms. The number of likely N-dealkylation sites (tertiary alicyclic amines) is 1. The number of nitrogens with zero attached hydrogens (tertiary/aromatic N) is 3. The van der Waals surface area contributed by atoms with E-state index in [4.69, 9.17) is 9.47 Å². The van der Waals surface area contributed by atoms with E-state index in [1.54, 1.807) is 6.07 Å². The Hall–Kier alpha value is -2.83. The summed E-state index contributed by atoms with van der Waals surface area (Å²) in [7, 11) is 0. The maximum atomic E-state index is 12.6. The minimum Gasteiger partial charge on any atom is -0.454 e. The molecule has 7 nitrogen and oxygen atoms in total.